The number of benzene rings is 7. The number of nitrogens with zero attached hydrogens (tertiary/aromatic N) is 3. The van der Waals surface area contributed by atoms with Gasteiger partial charge in [-0.1, -0.05) is 175 Å². The number of ether oxygens (including phenoxy) is 5. The van der Waals surface area contributed by atoms with Crippen LogP contribution in [0.15, 0.2) is 216 Å². The van der Waals surface area contributed by atoms with Gasteiger partial charge in [-0.15, -0.1) is 34.7 Å². The summed E-state index contributed by atoms with van der Waals surface area (Å²) in [6.07, 6.45) is -2.83. The molecule has 2 amide bonds. The third-order valence-corrected chi connectivity index (χ3v) is 16.2. The van der Waals surface area contributed by atoms with Crippen molar-refractivity contribution in [2.24, 2.45) is 5.16 Å². The molecule has 0 spiro atoms. The molecular weight excluding hydrogens is 1140 g/mol. The largest absolute Gasteiger partial charge is 0.497 e. The van der Waals surface area contributed by atoms with Crippen molar-refractivity contribution in [3.05, 3.63) is 255 Å². The normalized spacial score (nSPS) is 15.1. The van der Waals surface area contributed by atoms with E-state index in [9.17, 15) is 19.2 Å². The minimum absolute atomic E-state index is 0.00348. The fourth-order valence-corrected chi connectivity index (χ4v) is 12.2. The molecular formula is C65H54ClN5O12S2. The van der Waals surface area contributed by atoms with Crippen LogP contribution >= 0.6 is 34.7 Å². The lowest BCUT2D eigenvalue weighted by atomic mass is 9.77. The number of thioether (sulfide) groups is 1. The first kappa shape index (κ1) is 58.6. The molecule has 1 aromatic heterocycles. The predicted molar refractivity (Wildman–Crippen MR) is 321 cm³/mol. The van der Waals surface area contributed by atoms with E-state index in [-0.39, 0.29) is 46.7 Å². The quantitative estimate of drug-likeness (QED) is 0.0123. The molecule has 0 unspecified atom stereocenters. The van der Waals surface area contributed by atoms with Crippen molar-refractivity contribution in [2.45, 2.75) is 49.6 Å². The minimum Gasteiger partial charge on any atom is -0.497 e. The Labute approximate surface area is 502 Å². The molecule has 2 N–H and O–H groups in total. The van der Waals surface area contributed by atoms with Crippen molar-refractivity contribution in [1.29, 1.82) is 0 Å². The van der Waals surface area contributed by atoms with Crippen molar-refractivity contribution in [3.8, 4) is 17.2 Å². The van der Waals surface area contributed by atoms with Crippen LogP contribution in [-0.4, -0.2) is 81.4 Å². The molecule has 7 aromatic carbocycles. The molecule has 430 valence electrons. The Bertz CT molecular complexity index is 3650. The smallest absolute Gasteiger partial charge is 0.355 e. The molecule has 85 heavy (non-hydrogen) atoms. The molecule has 0 saturated carbocycles. The second-order valence-corrected chi connectivity index (χ2v) is 21.6. The number of β-lactam (4-membered cyclic amide) rings is 1. The number of nitrogens with one attached hydrogen (secondary N) is 2. The lowest BCUT2D eigenvalue weighted by Gasteiger charge is -2.49. The number of thiazole rings is 1. The molecule has 0 radical (unpaired) electrons. The second kappa shape index (κ2) is 26.8. The molecule has 0 aliphatic carbocycles. The van der Waals surface area contributed by atoms with E-state index in [0.717, 1.165) is 35.0 Å². The van der Waals surface area contributed by atoms with E-state index in [0.29, 0.717) is 33.1 Å². The molecule has 8 aromatic rings. The summed E-state index contributed by atoms with van der Waals surface area (Å²) in [6.45, 7) is 2.21. The van der Waals surface area contributed by atoms with Crippen LogP contribution in [0.5, 0.6) is 17.2 Å². The predicted octanol–water partition coefficient (Wildman–Crippen LogP) is 10.8. The van der Waals surface area contributed by atoms with Gasteiger partial charge in [-0.05, 0) is 63.2 Å². The van der Waals surface area contributed by atoms with Crippen molar-refractivity contribution in [3.63, 3.8) is 0 Å². The Hall–Kier alpha value is -9.56. The first-order chi connectivity index (χ1) is 41.3. The van der Waals surface area contributed by atoms with Gasteiger partial charge in [0, 0.05) is 36.4 Å². The number of oxime groups is 1. The molecule has 10 rings (SSSR count). The molecule has 1 fully saturated rings. The Kier molecular flexibility index (Phi) is 18.5. The number of fused-ring (bicyclic) bond motifs is 1. The standard InChI is InChI=1S/C65H54ClN5O12S2/c1-40(72)80-52-34-31-45(35-53(52)81-41(2)73)58(63(77)82-57(43-19-9-4-10-20-43)44-21-11-5-12-22-44)83-70-54(51-39-85-64(67-51)69-65(47-23-13-6-14-24-47,48-25-15-7-16-26-48)49-27-17-8-18-28-49)59(74)68-55-60(75)71-56(46(36-66)38-84-61(55)71)62(76)79-37-42-29-32-50(78-3)33-30-42/h4-35,39,55,57-58,61H,36-38H2,1-3H3,(H,67,69)(H,68,74)/b70-54-/t55-,58-,61-/m1/s1. The van der Waals surface area contributed by atoms with Gasteiger partial charge in [-0.25, -0.2) is 14.6 Å². The highest BCUT2D eigenvalue weighted by atomic mass is 35.5. The zero-order valence-electron chi connectivity index (χ0n) is 45.9. The Balaban J connectivity index is 1.04. The lowest BCUT2D eigenvalue weighted by Crippen LogP contribution is -2.71. The first-order valence-corrected chi connectivity index (χ1v) is 29.1. The number of hydrogen-bond donors (Lipinski definition) is 2. The molecule has 2 aliphatic rings. The third-order valence-electron chi connectivity index (χ3n) is 13.8. The summed E-state index contributed by atoms with van der Waals surface area (Å²) in [5.74, 6) is -4.46. The Morgan fingerprint density at radius 3 is 1.81 bits per heavy atom. The number of methoxy groups -OCH3 is 1. The number of carbonyl (C=O) groups is 6. The van der Waals surface area contributed by atoms with E-state index >= 15 is 9.59 Å². The van der Waals surface area contributed by atoms with Gasteiger partial charge in [0.2, 0.25) is 6.10 Å². The molecule has 2 aliphatic heterocycles. The number of alkyl halides is 1. The lowest BCUT2D eigenvalue weighted by molar-refractivity contribution is -0.162. The zero-order chi connectivity index (χ0) is 59.5. The fraction of sp³-hybridized carbons (Fsp3) is 0.169. The van der Waals surface area contributed by atoms with Gasteiger partial charge in [0.05, 0.1) is 7.11 Å². The highest BCUT2D eigenvalue weighted by molar-refractivity contribution is 8.00. The zero-order valence-corrected chi connectivity index (χ0v) is 48.3. The fourth-order valence-electron chi connectivity index (χ4n) is 9.78. The molecule has 1 saturated heterocycles. The highest BCUT2D eigenvalue weighted by Gasteiger charge is 2.55. The number of esters is 4. The number of hydrogen-bond acceptors (Lipinski definition) is 17. The van der Waals surface area contributed by atoms with Crippen LogP contribution in [0.4, 0.5) is 5.13 Å². The van der Waals surface area contributed by atoms with E-state index in [4.69, 9.17) is 45.1 Å². The summed E-state index contributed by atoms with van der Waals surface area (Å²) in [5.41, 5.74) is 3.36. The van der Waals surface area contributed by atoms with Crippen molar-refractivity contribution in [2.75, 3.05) is 24.1 Å². The van der Waals surface area contributed by atoms with Gasteiger partial charge in [0.1, 0.15) is 40.7 Å². The topological polar surface area (TPSA) is 210 Å². The average molecular weight is 1200 g/mol. The summed E-state index contributed by atoms with van der Waals surface area (Å²) in [7, 11) is 1.54. The maximum Gasteiger partial charge on any atom is 0.355 e. The van der Waals surface area contributed by atoms with E-state index < -0.39 is 70.6 Å². The number of halogens is 1. The molecule has 0 bridgehead atoms. The van der Waals surface area contributed by atoms with Crippen LogP contribution < -0.4 is 24.8 Å². The molecule has 17 nitrogen and oxygen atoms in total. The van der Waals surface area contributed by atoms with Crippen LogP contribution in [0.25, 0.3) is 0 Å². The number of amides is 2. The maximum absolute atomic E-state index is 15.2. The van der Waals surface area contributed by atoms with Crippen LogP contribution in [0.3, 0.4) is 0 Å². The summed E-state index contributed by atoms with van der Waals surface area (Å²) >= 11 is 8.83. The van der Waals surface area contributed by atoms with Crippen LogP contribution in [0.2, 0.25) is 0 Å². The maximum atomic E-state index is 15.2. The highest BCUT2D eigenvalue weighted by Crippen LogP contribution is 2.43. The third kappa shape index (κ3) is 13.1. The van der Waals surface area contributed by atoms with Gasteiger partial charge >= 0.3 is 23.9 Å². The summed E-state index contributed by atoms with van der Waals surface area (Å²) < 4.78 is 28.2. The number of anilines is 1. The Morgan fingerprint density at radius 1 is 0.718 bits per heavy atom. The first-order valence-electron chi connectivity index (χ1n) is 26.6. The van der Waals surface area contributed by atoms with Gasteiger partial charge in [0.15, 0.2) is 28.4 Å². The van der Waals surface area contributed by atoms with E-state index in [2.05, 4.69) is 15.8 Å². The monoisotopic (exact) mass is 1200 g/mol. The van der Waals surface area contributed by atoms with E-state index in [1.807, 2.05) is 103 Å². The average Bonchev–Trinajstić information content (AvgIpc) is 1.21. The van der Waals surface area contributed by atoms with Gasteiger partial charge in [-0.3, -0.25) is 24.1 Å². The Morgan fingerprint density at radius 2 is 1.27 bits per heavy atom. The SMILES string of the molecule is COc1ccc(COC(=O)C2=C(CCl)CS[C@@H]3[C@H](NC(=O)/C(=N\O[C@@H](C(=O)OC(c4ccccc4)c4ccccc4)c4ccc(OC(C)=O)c(OC(C)=O)c4)c4csc(NC(c5ccccc5)(c5ccccc5)c5ccccc5)n4)C(=O)N23)cc1. The molecule has 20 heteroatoms. The van der Waals surface area contributed by atoms with Crippen LogP contribution in [0.1, 0.15) is 70.7 Å². The molecule has 3 heterocycles. The summed E-state index contributed by atoms with van der Waals surface area (Å²) in [6, 6.07) is 57.1. The van der Waals surface area contributed by atoms with Gasteiger partial charge in [-0.2, -0.15) is 0 Å². The second-order valence-electron chi connectivity index (χ2n) is 19.3. The van der Waals surface area contributed by atoms with Gasteiger partial charge in [0.25, 0.3) is 11.8 Å². The van der Waals surface area contributed by atoms with Crippen LogP contribution in [-0.2, 0) is 55.2 Å². The van der Waals surface area contributed by atoms with E-state index in [1.54, 1.807) is 85.3 Å². The van der Waals surface area contributed by atoms with Gasteiger partial charge < -0.3 is 39.2 Å². The molecule has 3 atom stereocenters. The van der Waals surface area contributed by atoms with Crippen molar-refractivity contribution < 1.29 is 57.3 Å². The number of rotatable bonds is 22. The number of carbonyl (C=O) groups excluding carboxylic acids is 6. The number of aromatic nitrogens is 1. The minimum atomic E-state index is -1.84. The summed E-state index contributed by atoms with van der Waals surface area (Å²) in [5, 5.41) is 12.1. The van der Waals surface area contributed by atoms with Crippen molar-refractivity contribution >= 4 is 81.2 Å². The van der Waals surface area contributed by atoms with Crippen LogP contribution in [0, 0.1) is 0 Å². The van der Waals surface area contributed by atoms with E-state index in [1.165, 1.54) is 41.8 Å². The van der Waals surface area contributed by atoms with Crippen molar-refractivity contribution in [1.82, 2.24) is 15.2 Å². The summed E-state index contributed by atoms with van der Waals surface area (Å²) in [4.78, 5) is 95.9.